The van der Waals surface area contributed by atoms with Gasteiger partial charge in [-0.05, 0) is 30.3 Å². The van der Waals surface area contributed by atoms with E-state index in [9.17, 15) is 19.8 Å². The largest absolute Gasteiger partial charge is 0.545 e. The Morgan fingerprint density at radius 2 is 1.59 bits per heavy atom. The van der Waals surface area contributed by atoms with Crippen LogP contribution >= 0.6 is 23.2 Å². The number of aromatic carboxylic acids is 2. The van der Waals surface area contributed by atoms with Crippen LogP contribution in [0.25, 0.3) is 0 Å². The maximum atomic E-state index is 11.1. The number of carboxylic acid groups (broad SMARTS) is 2. The molecular weight excluding hydrogens is 333 g/mol. The zero-order valence-corrected chi connectivity index (χ0v) is 12.3. The third-order valence-electron chi connectivity index (χ3n) is 2.71. The van der Waals surface area contributed by atoms with Crippen LogP contribution in [-0.4, -0.2) is 11.9 Å². The minimum absolute atomic E-state index is 0.0858. The van der Waals surface area contributed by atoms with Crippen molar-refractivity contribution < 1.29 is 24.5 Å². The van der Waals surface area contributed by atoms with E-state index in [0.29, 0.717) is 5.02 Å². The van der Waals surface area contributed by atoms with E-state index in [1.807, 2.05) is 0 Å². The van der Waals surface area contributed by atoms with Crippen molar-refractivity contribution in [1.82, 2.24) is 0 Å². The molecule has 0 aromatic heterocycles. The molecule has 0 fully saturated rings. The van der Waals surface area contributed by atoms with Crippen LogP contribution in [0.2, 0.25) is 10.0 Å². The zero-order valence-electron chi connectivity index (χ0n) is 10.8. The van der Waals surface area contributed by atoms with E-state index < -0.39 is 23.1 Å². The third kappa shape index (κ3) is 3.24. The Hall–Kier alpha value is -2.44. The van der Waals surface area contributed by atoms with Crippen molar-refractivity contribution >= 4 is 40.8 Å². The summed E-state index contributed by atoms with van der Waals surface area (Å²) in [6.07, 6.45) is 0. The summed E-state index contributed by atoms with van der Waals surface area (Å²) >= 11 is 11.7. The van der Waals surface area contributed by atoms with Gasteiger partial charge in [0.2, 0.25) is 0 Å². The van der Waals surface area contributed by atoms with E-state index in [0.717, 1.165) is 12.1 Å². The van der Waals surface area contributed by atoms with Crippen LogP contribution in [0.5, 0.6) is 11.5 Å². The van der Waals surface area contributed by atoms with Crippen LogP contribution in [0.3, 0.4) is 0 Å². The Bertz CT molecular complexity index is 776. The maximum absolute atomic E-state index is 11.1. The van der Waals surface area contributed by atoms with Crippen LogP contribution in [0.1, 0.15) is 20.7 Å². The number of ether oxygens (including phenoxy) is 1. The standard InChI is InChI=1S/C14H9Cl2NO5/c15-6-1-2-11(9(16)3-6)22-12-5-7(13(18)19)10(17)4-8(12)14(20)21/h1-5H,17H2,(H,18,19)(H,20,21)/p-2. The summed E-state index contributed by atoms with van der Waals surface area (Å²) in [5.74, 6) is -3.37. The first kappa shape index (κ1) is 15.9. The number of carbonyl (C=O) groups excluding carboxylic acids is 2. The summed E-state index contributed by atoms with van der Waals surface area (Å²) in [6.45, 7) is 0. The second-order valence-electron chi connectivity index (χ2n) is 4.19. The van der Waals surface area contributed by atoms with Crippen molar-refractivity contribution in [3.63, 3.8) is 0 Å². The van der Waals surface area contributed by atoms with E-state index in [2.05, 4.69) is 0 Å². The van der Waals surface area contributed by atoms with Crippen molar-refractivity contribution in [1.29, 1.82) is 0 Å². The Morgan fingerprint density at radius 3 is 2.14 bits per heavy atom. The summed E-state index contributed by atoms with van der Waals surface area (Å²) in [5, 5.41) is 22.6. The minimum atomic E-state index is -1.59. The van der Waals surface area contributed by atoms with Crippen LogP contribution in [0.4, 0.5) is 5.69 Å². The number of carbonyl (C=O) groups is 2. The summed E-state index contributed by atoms with van der Waals surface area (Å²) < 4.78 is 5.34. The molecule has 8 heteroatoms. The quantitative estimate of drug-likeness (QED) is 0.833. The van der Waals surface area contributed by atoms with E-state index in [1.54, 1.807) is 0 Å². The fourth-order valence-electron chi connectivity index (χ4n) is 1.69. The first-order chi connectivity index (χ1) is 10.3. The van der Waals surface area contributed by atoms with E-state index in [-0.39, 0.29) is 22.2 Å². The maximum Gasteiger partial charge on any atom is 0.146 e. The molecule has 0 radical (unpaired) electrons. The molecule has 0 saturated carbocycles. The van der Waals surface area contributed by atoms with Gasteiger partial charge in [-0.25, -0.2) is 0 Å². The molecule has 0 spiro atoms. The molecule has 0 amide bonds. The highest BCUT2D eigenvalue weighted by Crippen LogP contribution is 2.34. The Morgan fingerprint density at radius 1 is 0.955 bits per heavy atom. The van der Waals surface area contributed by atoms with E-state index >= 15 is 0 Å². The lowest BCUT2D eigenvalue weighted by molar-refractivity contribution is -0.256. The molecule has 0 saturated heterocycles. The Balaban J connectivity index is 2.54. The van der Waals surface area contributed by atoms with Gasteiger partial charge in [0.25, 0.3) is 0 Å². The van der Waals surface area contributed by atoms with E-state index in [4.69, 9.17) is 33.7 Å². The Kier molecular flexibility index (Phi) is 4.44. The molecule has 0 aliphatic heterocycles. The second-order valence-corrected chi connectivity index (χ2v) is 5.03. The number of anilines is 1. The lowest BCUT2D eigenvalue weighted by Gasteiger charge is -2.16. The summed E-state index contributed by atoms with van der Waals surface area (Å²) in [7, 11) is 0. The highest BCUT2D eigenvalue weighted by atomic mass is 35.5. The van der Waals surface area contributed by atoms with Crippen LogP contribution in [0.15, 0.2) is 30.3 Å². The van der Waals surface area contributed by atoms with Crippen molar-refractivity contribution in [3.05, 3.63) is 51.5 Å². The summed E-state index contributed by atoms with van der Waals surface area (Å²) in [6, 6.07) is 6.10. The molecule has 0 heterocycles. The number of hydrogen-bond donors (Lipinski definition) is 1. The summed E-state index contributed by atoms with van der Waals surface area (Å²) in [4.78, 5) is 22.1. The van der Waals surface area contributed by atoms with E-state index in [1.165, 1.54) is 18.2 Å². The van der Waals surface area contributed by atoms with Gasteiger partial charge >= 0.3 is 0 Å². The molecule has 114 valence electrons. The average molecular weight is 340 g/mol. The lowest BCUT2D eigenvalue weighted by Crippen LogP contribution is -2.26. The zero-order chi connectivity index (χ0) is 16.4. The van der Waals surface area contributed by atoms with Gasteiger partial charge in [0.1, 0.15) is 11.5 Å². The average Bonchev–Trinajstić information content (AvgIpc) is 2.42. The number of nitrogens with two attached hydrogens (primary N) is 1. The molecule has 0 aliphatic rings. The highest BCUT2D eigenvalue weighted by molar-refractivity contribution is 6.35. The molecule has 0 atom stereocenters. The van der Waals surface area contributed by atoms with Crippen LogP contribution in [0, 0.1) is 0 Å². The van der Waals surface area contributed by atoms with Gasteiger partial charge in [0.05, 0.1) is 17.0 Å². The van der Waals surface area contributed by atoms with Gasteiger partial charge in [-0.1, -0.05) is 23.2 Å². The summed E-state index contributed by atoms with van der Waals surface area (Å²) in [5.41, 5.74) is 4.34. The minimum Gasteiger partial charge on any atom is -0.545 e. The van der Waals surface area contributed by atoms with Crippen molar-refractivity contribution in [2.45, 2.75) is 0 Å². The monoisotopic (exact) mass is 339 g/mol. The fraction of sp³-hybridized carbons (Fsp3) is 0. The SMILES string of the molecule is Nc1cc(C(=O)[O-])c(Oc2ccc(Cl)cc2Cl)cc1C(=O)[O-]. The number of halogens is 2. The van der Waals surface area contributed by atoms with Crippen molar-refractivity contribution in [2.75, 3.05) is 5.73 Å². The van der Waals surface area contributed by atoms with Gasteiger partial charge in [-0.2, -0.15) is 0 Å². The van der Waals surface area contributed by atoms with Gasteiger partial charge in [0, 0.05) is 21.8 Å². The van der Waals surface area contributed by atoms with Crippen LogP contribution in [-0.2, 0) is 0 Å². The molecule has 2 N–H and O–H groups in total. The lowest BCUT2D eigenvalue weighted by atomic mass is 10.1. The molecule has 2 aromatic carbocycles. The van der Waals surface area contributed by atoms with Gasteiger partial charge in [-0.15, -0.1) is 0 Å². The smallest absolute Gasteiger partial charge is 0.146 e. The van der Waals surface area contributed by atoms with Crippen LogP contribution < -0.4 is 20.7 Å². The molecule has 22 heavy (non-hydrogen) atoms. The fourth-order valence-corrected chi connectivity index (χ4v) is 2.14. The molecule has 0 bridgehead atoms. The molecule has 2 aromatic rings. The van der Waals surface area contributed by atoms with Crippen molar-refractivity contribution in [2.24, 2.45) is 0 Å². The van der Waals surface area contributed by atoms with Crippen molar-refractivity contribution in [3.8, 4) is 11.5 Å². The normalized spacial score (nSPS) is 10.3. The second kappa shape index (κ2) is 6.13. The predicted octanol–water partition coefficient (Wildman–Crippen LogP) is 1.09. The molecule has 0 unspecified atom stereocenters. The molecular formula is C14H7Cl2NO5-2. The predicted molar refractivity (Wildman–Crippen MR) is 76.1 cm³/mol. The molecule has 6 nitrogen and oxygen atoms in total. The Labute approximate surface area is 134 Å². The third-order valence-corrected chi connectivity index (χ3v) is 3.24. The highest BCUT2D eigenvalue weighted by Gasteiger charge is 2.13. The number of carboxylic acids is 2. The van der Waals surface area contributed by atoms with Gasteiger partial charge in [-0.3, -0.25) is 0 Å². The number of rotatable bonds is 4. The number of hydrogen-bond acceptors (Lipinski definition) is 6. The topological polar surface area (TPSA) is 116 Å². The number of benzene rings is 2. The first-order valence-corrected chi connectivity index (χ1v) is 6.54. The van der Waals surface area contributed by atoms with Gasteiger partial charge < -0.3 is 30.3 Å². The van der Waals surface area contributed by atoms with Gasteiger partial charge in [0.15, 0.2) is 0 Å². The first-order valence-electron chi connectivity index (χ1n) is 5.78. The molecule has 0 aliphatic carbocycles. The number of nitrogen functional groups attached to an aromatic ring is 1. The molecule has 2 rings (SSSR count).